The quantitative estimate of drug-likeness (QED) is 0.233. The van der Waals surface area contributed by atoms with Crippen molar-refractivity contribution in [2.24, 2.45) is 5.92 Å². The number of rotatable bonds is 8. The lowest BCUT2D eigenvalue weighted by Gasteiger charge is -2.45. The number of nitrogens with zero attached hydrogens (tertiary/aromatic N) is 1. The van der Waals surface area contributed by atoms with Gasteiger partial charge in [0.25, 0.3) is 0 Å². The molecule has 212 valence electrons. The maximum Gasteiger partial charge on any atom is 0.309 e. The Kier molecular flexibility index (Phi) is 8.92. The van der Waals surface area contributed by atoms with E-state index < -0.39 is 8.32 Å². The van der Waals surface area contributed by atoms with Crippen LogP contribution in [0.2, 0.25) is 28.2 Å². The number of amides is 1. The van der Waals surface area contributed by atoms with Crippen LogP contribution in [0.5, 0.6) is 0 Å². The molecule has 1 saturated carbocycles. The maximum absolute atomic E-state index is 14.0. The summed E-state index contributed by atoms with van der Waals surface area (Å²) in [4.78, 5) is 28.4. The first-order valence-electron chi connectivity index (χ1n) is 13.9. The van der Waals surface area contributed by atoms with E-state index in [0.717, 1.165) is 12.0 Å². The molecule has 5 nitrogen and oxygen atoms in total. The number of esters is 1. The van der Waals surface area contributed by atoms with E-state index in [9.17, 15) is 9.59 Å². The molecule has 1 aliphatic carbocycles. The van der Waals surface area contributed by atoms with E-state index in [1.54, 1.807) is 18.2 Å². The molecule has 8 heteroatoms. The number of ether oxygens (including phenoxy) is 1. The normalized spacial score (nSPS) is 22.8. The SMILES string of the molecule is CCOC(=O)[C@H]1C[C@H]1c1cccc2c1C[C@H](CO[Si](C)(C)C(C)(C)C)N(C(=O)Cc1c(Cl)cccc1Cl)[C@H]2C. The summed E-state index contributed by atoms with van der Waals surface area (Å²) in [5, 5.41) is 1.05. The number of hydrogen-bond donors (Lipinski definition) is 0. The highest BCUT2D eigenvalue weighted by molar-refractivity contribution is 6.74. The fraction of sp³-hybridized carbons (Fsp3) is 0.548. The number of fused-ring (bicyclic) bond motifs is 1. The van der Waals surface area contributed by atoms with Crippen molar-refractivity contribution in [1.29, 1.82) is 0 Å². The van der Waals surface area contributed by atoms with E-state index in [-0.39, 0.29) is 47.3 Å². The van der Waals surface area contributed by atoms with Gasteiger partial charge in [0, 0.05) is 10.0 Å². The highest BCUT2D eigenvalue weighted by Gasteiger charge is 2.48. The number of benzene rings is 2. The second kappa shape index (κ2) is 11.6. The average molecular weight is 591 g/mol. The second-order valence-corrected chi connectivity index (χ2v) is 18.0. The smallest absolute Gasteiger partial charge is 0.309 e. The minimum Gasteiger partial charge on any atom is -0.466 e. The van der Waals surface area contributed by atoms with Crippen LogP contribution in [0.3, 0.4) is 0 Å². The van der Waals surface area contributed by atoms with Crippen molar-refractivity contribution in [3.63, 3.8) is 0 Å². The van der Waals surface area contributed by atoms with Crippen molar-refractivity contribution in [3.8, 4) is 0 Å². The molecule has 2 aromatic rings. The highest BCUT2D eigenvalue weighted by atomic mass is 35.5. The van der Waals surface area contributed by atoms with Crippen LogP contribution < -0.4 is 0 Å². The van der Waals surface area contributed by atoms with Gasteiger partial charge in [-0.05, 0) is 85.1 Å². The van der Waals surface area contributed by atoms with Gasteiger partial charge < -0.3 is 14.1 Å². The molecule has 0 radical (unpaired) electrons. The van der Waals surface area contributed by atoms with Crippen molar-refractivity contribution in [2.45, 2.75) is 90.0 Å². The third kappa shape index (κ3) is 6.24. The van der Waals surface area contributed by atoms with Gasteiger partial charge in [-0.15, -0.1) is 0 Å². The summed E-state index contributed by atoms with van der Waals surface area (Å²) < 4.78 is 12.0. The average Bonchev–Trinajstić information content (AvgIpc) is 3.65. The fourth-order valence-electron chi connectivity index (χ4n) is 5.47. The van der Waals surface area contributed by atoms with Crippen molar-refractivity contribution in [2.75, 3.05) is 13.2 Å². The maximum atomic E-state index is 14.0. The summed E-state index contributed by atoms with van der Waals surface area (Å²) in [5.74, 6) is -0.0588. The first-order chi connectivity index (χ1) is 18.3. The summed E-state index contributed by atoms with van der Waals surface area (Å²) in [7, 11) is -2.06. The Morgan fingerprint density at radius 2 is 1.67 bits per heavy atom. The molecule has 0 saturated heterocycles. The molecular formula is C31H41Cl2NO4Si. The Balaban J connectivity index is 1.68. The van der Waals surface area contributed by atoms with Gasteiger partial charge in [-0.1, -0.05) is 68.2 Å². The van der Waals surface area contributed by atoms with E-state index in [4.69, 9.17) is 32.4 Å². The molecule has 0 bridgehead atoms. The zero-order valence-corrected chi connectivity index (χ0v) is 26.7. The Morgan fingerprint density at radius 1 is 1.05 bits per heavy atom. The van der Waals surface area contributed by atoms with E-state index in [1.165, 1.54) is 11.1 Å². The molecule has 0 unspecified atom stereocenters. The minimum atomic E-state index is -2.06. The zero-order chi connectivity index (χ0) is 28.7. The predicted molar refractivity (Wildman–Crippen MR) is 160 cm³/mol. The van der Waals surface area contributed by atoms with Crippen molar-refractivity contribution in [3.05, 3.63) is 68.7 Å². The summed E-state index contributed by atoms with van der Waals surface area (Å²) in [5.41, 5.74) is 4.22. The number of hydrogen-bond acceptors (Lipinski definition) is 4. The molecular weight excluding hydrogens is 549 g/mol. The van der Waals surface area contributed by atoms with E-state index in [2.05, 4.69) is 52.9 Å². The van der Waals surface area contributed by atoms with E-state index >= 15 is 0 Å². The lowest BCUT2D eigenvalue weighted by atomic mass is 9.84. The van der Waals surface area contributed by atoms with Gasteiger partial charge in [-0.2, -0.15) is 0 Å². The first-order valence-corrected chi connectivity index (χ1v) is 17.6. The van der Waals surface area contributed by atoms with Gasteiger partial charge in [-0.25, -0.2) is 0 Å². The Morgan fingerprint density at radius 3 is 2.28 bits per heavy atom. The van der Waals surface area contributed by atoms with Gasteiger partial charge in [0.2, 0.25) is 5.91 Å². The molecule has 1 aliphatic heterocycles. The molecule has 0 aromatic heterocycles. The predicted octanol–water partition coefficient (Wildman–Crippen LogP) is 7.74. The lowest BCUT2D eigenvalue weighted by molar-refractivity contribution is -0.144. The van der Waals surface area contributed by atoms with Gasteiger partial charge in [0.15, 0.2) is 8.32 Å². The molecule has 1 heterocycles. The Bertz CT molecular complexity index is 1220. The molecule has 2 aromatic carbocycles. The summed E-state index contributed by atoms with van der Waals surface area (Å²) in [6, 6.07) is 11.3. The van der Waals surface area contributed by atoms with Gasteiger partial charge in [0.05, 0.1) is 37.6 Å². The van der Waals surface area contributed by atoms with Crippen LogP contribution in [0.25, 0.3) is 0 Å². The fourth-order valence-corrected chi connectivity index (χ4v) is 7.04. The van der Waals surface area contributed by atoms with Crippen molar-refractivity contribution < 1.29 is 18.8 Å². The highest BCUT2D eigenvalue weighted by Crippen LogP contribution is 2.51. The monoisotopic (exact) mass is 589 g/mol. The lowest BCUT2D eigenvalue weighted by Crippen LogP contribution is -2.52. The van der Waals surface area contributed by atoms with Crippen LogP contribution >= 0.6 is 23.2 Å². The summed E-state index contributed by atoms with van der Waals surface area (Å²) in [6.45, 7) is 15.9. The van der Waals surface area contributed by atoms with Crippen LogP contribution in [0, 0.1) is 5.92 Å². The molecule has 4 atom stereocenters. The summed E-state index contributed by atoms with van der Waals surface area (Å²) >= 11 is 12.9. The Labute approximate surface area is 244 Å². The van der Waals surface area contributed by atoms with Crippen molar-refractivity contribution >= 4 is 43.4 Å². The first kappa shape index (κ1) is 30.1. The van der Waals surface area contributed by atoms with E-state index in [1.807, 2.05) is 17.9 Å². The molecule has 4 rings (SSSR count). The molecule has 0 N–H and O–H groups in total. The van der Waals surface area contributed by atoms with E-state index in [0.29, 0.717) is 35.2 Å². The van der Waals surface area contributed by atoms with Crippen molar-refractivity contribution in [1.82, 2.24) is 4.90 Å². The standard InChI is InChI=1S/C31H41Cl2NO4Si/c1-8-37-30(36)25-16-24(25)22-12-9-11-21-19(2)34(29(35)17-26-27(32)13-10-14-28(26)33)20(15-23(21)22)18-38-39(6,7)31(3,4)5/h9-14,19-20,24-25H,8,15-18H2,1-7H3/t19-,20+,24-,25-/m0/s1. The second-order valence-electron chi connectivity index (χ2n) is 12.4. The topological polar surface area (TPSA) is 55.8 Å². The molecule has 0 spiro atoms. The van der Waals surface area contributed by atoms with Gasteiger partial charge >= 0.3 is 5.97 Å². The van der Waals surface area contributed by atoms with Crippen LogP contribution in [-0.4, -0.2) is 44.3 Å². The van der Waals surface area contributed by atoms with Crippen LogP contribution in [0.4, 0.5) is 0 Å². The molecule has 39 heavy (non-hydrogen) atoms. The van der Waals surface area contributed by atoms with Gasteiger partial charge in [0.1, 0.15) is 0 Å². The number of halogens is 2. The molecule has 1 amide bonds. The number of carbonyl (C=O) groups is 2. The van der Waals surface area contributed by atoms with Gasteiger partial charge in [-0.3, -0.25) is 9.59 Å². The third-order valence-electron chi connectivity index (χ3n) is 8.85. The molecule has 2 aliphatic rings. The van der Waals surface area contributed by atoms with Crippen LogP contribution in [-0.2, 0) is 31.6 Å². The van der Waals surface area contributed by atoms with Crippen LogP contribution in [0.15, 0.2) is 36.4 Å². The third-order valence-corrected chi connectivity index (χ3v) is 14.1. The molecule has 1 fully saturated rings. The Hall–Kier alpha value is -1.86. The number of carbonyl (C=O) groups excluding carboxylic acids is 2. The zero-order valence-electron chi connectivity index (χ0n) is 24.1. The minimum absolute atomic E-state index is 0.0202. The van der Waals surface area contributed by atoms with Crippen LogP contribution in [0.1, 0.15) is 75.3 Å². The summed E-state index contributed by atoms with van der Waals surface area (Å²) in [6.07, 6.45) is 1.61. The largest absolute Gasteiger partial charge is 0.466 e.